The summed E-state index contributed by atoms with van der Waals surface area (Å²) in [5.74, 6) is 0.333. The Bertz CT molecular complexity index is 657. The number of nitrogens with zero attached hydrogens (tertiary/aromatic N) is 1. The number of nitrogens with one attached hydrogen (secondary N) is 1. The number of rotatable bonds is 6. The maximum Gasteiger partial charge on any atom is 0.237 e. The number of para-hydroxylation sites is 1. The first-order chi connectivity index (χ1) is 9.96. The standard InChI is InChI=1S/C16H21N3O2/c1-11-7-8-12-5-4-6-13(14(12)19-11)21-10-9-16(2,18-3)15(17)20/h4-8,18H,9-10H2,1-3H3,(H2,17,20). The number of primary amides is 1. The number of fused-ring (bicyclic) bond motifs is 1. The molecule has 1 unspecified atom stereocenters. The van der Waals surface area contributed by atoms with Crippen molar-refractivity contribution < 1.29 is 9.53 Å². The molecular weight excluding hydrogens is 266 g/mol. The number of hydrogen-bond donors (Lipinski definition) is 2. The van der Waals surface area contributed by atoms with Crippen molar-refractivity contribution >= 4 is 16.8 Å². The number of aryl methyl sites for hydroxylation is 1. The van der Waals surface area contributed by atoms with Gasteiger partial charge in [0.2, 0.25) is 5.91 Å². The molecule has 0 bridgehead atoms. The molecule has 21 heavy (non-hydrogen) atoms. The molecule has 1 aromatic heterocycles. The molecule has 0 aliphatic rings. The molecule has 0 spiro atoms. The van der Waals surface area contributed by atoms with Gasteiger partial charge in [-0.2, -0.15) is 0 Å². The number of hydrogen-bond acceptors (Lipinski definition) is 4. The molecule has 0 saturated heterocycles. The fourth-order valence-electron chi connectivity index (χ4n) is 2.07. The molecule has 1 amide bonds. The van der Waals surface area contributed by atoms with Gasteiger partial charge in [0.25, 0.3) is 0 Å². The number of pyridine rings is 1. The fourth-order valence-corrected chi connectivity index (χ4v) is 2.07. The molecule has 1 atom stereocenters. The summed E-state index contributed by atoms with van der Waals surface area (Å²) in [7, 11) is 1.72. The minimum Gasteiger partial charge on any atom is -0.491 e. The Hall–Kier alpha value is -2.14. The van der Waals surface area contributed by atoms with E-state index in [0.717, 1.165) is 22.3 Å². The van der Waals surface area contributed by atoms with E-state index in [1.54, 1.807) is 14.0 Å². The molecule has 5 heteroatoms. The van der Waals surface area contributed by atoms with Gasteiger partial charge in [-0.1, -0.05) is 18.2 Å². The highest BCUT2D eigenvalue weighted by Crippen LogP contribution is 2.24. The van der Waals surface area contributed by atoms with E-state index in [4.69, 9.17) is 10.5 Å². The summed E-state index contributed by atoms with van der Waals surface area (Å²) >= 11 is 0. The molecule has 0 aliphatic carbocycles. The van der Waals surface area contributed by atoms with E-state index < -0.39 is 5.54 Å². The lowest BCUT2D eigenvalue weighted by Gasteiger charge is -2.25. The summed E-state index contributed by atoms with van der Waals surface area (Å²) in [5.41, 5.74) is 6.41. The number of nitrogens with two attached hydrogens (primary N) is 1. The first-order valence-corrected chi connectivity index (χ1v) is 6.94. The summed E-state index contributed by atoms with van der Waals surface area (Å²) in [6.07, 6.45) is 0.487. The van der Waals surface area contributed by atoms with E-state index in [2.05, 4.69) is 10.3 Å². The summed E-state index contributed by atoms with van der Waals surface area (Å²) in [6, 6.07) is 9.80. The van der Waals surface area contributed by atoms with Crippen molar-refractivity contribution in [2.24, 2.45) is 5.73 Å². The molecule has 5 nitrogen and oxygen atoms in total. The van der Waals surface area contributed by atoms with Crippen molar-refractivity contribution in [1.29, 1.82) is 0 Å². The number of carbonyl (C=O) groups is 1. The van der Waals surface area contributed by atoms with Crippen LogP contribution in [0, 0.1) is 6.92 Å². The lowest BCUT2D eigenvalue weighted by molar-refractivity contribution is -0.124. The van der Waals surface area contributed by atoms with Crippen molar-refractivity contribution in [3.63, 3.8) is 0 Å². The molecule has 2 aromatic rings. The third kappa shape index (κ3) is 3.31. The molecule has 0 radical (unpaired) electrons. The molecule has 0 fully saturated rings. The normalized spacial score (nSPS) is 13.9. The van der Waals surface area contributed by atoms with Crippen LogP contribution < -0.4 is 15.8 Å². The second-order valence-electron chi connectivity index (χ2n) is 5.33. The van der Waals surface area contributed by atoms with E-state index in [9.17, 15) is 4.79 Å². The first kappa shape index (κ1) is 15.3. The Labute approximate surface area is 124 Å². The van der Waals surface area contributed by atoms with Gasteiger partial charge in [-0.25, -0.2) is 4.98 Å². The van der Waals surface area contributed by atoms with Gasteiger partial charge in [0.15, 0.2) is 0 Å². The topological polar surface area (TPSA) is 77.2 Å². The predicted molar refractivity (Wildman–Crippen MR) is 83.3 cm³/mol. The van der Waals surface area contributed by atoms with Gasteiger partial charge in [0, 0.05) is 17.5 Å². The van der Waals surface area contributed by atoms with Gasteiger partial charge >= 0.3 is 0 Å². The summed E-state index contributed by atoms with van der Waals surface area (Å²) in [4.78, 5) is 16.0. The highest BCUT2D eigenvalue weighted by Gasteiger charge is 2.28. The number of benzene rings is 1. The zero-order valence-corrected chi connectivity index (χ0v) is 12.6. The molecule has 112 valence electrons. The van der Waals surface area contributed by atoms with Crippen LogP contribution in [-0.4, -0.2) is 30.1 Å². The molecular formula is C16H21N3O2. The van der Waals surface area contributed by atoms with Crippen molar-refractivity contribution in [3.05, 3.63) is 36.0 Å². The van der Waals surface area contributed by atoms with Crippen molar-refractivity contribution in [3.8, 4) is 5.75 Å². The smallest absolute Gasteiger partial charge is 0.237 e. The first-order valence-electron chi connectivity index (χ1n) is 6.94. The van der Waals surface area contributed by atoms with Crippen LogP contribution in [0.5, 0.6) is 5.75 Å². The summed E-state index contributed by atoms with van der Waals surface area (Å²) < 4.78 is 5.81. The van der Waals surface area contributed by atoms with Crippen LogP contribution in [0.15, 0.2) is 30.3 Å². The molecule has 1 heterocycles. The van der Waals surface area contributed by atoms with Gasteiger partial charge in [-0.05, 0) is 33.0 Å². The average Bonchev–Trinajstić information content (AvgIpc) is 2.47. The number of aromatic nitrogens is 1. The molecule has 0 saturated carbocycles. The Morgan fingerprint density at radius 1 is 1.38 bits per heavy atom. The summed E-state index contributed by atoms with van der Waals surface area (Å²) in [5, 5.41) is 3.97. The zero-order chi connectivity index (χ0) is 15.5. The SMILES string of the molecule is CNC(C)(CCOc1cccc2ccc(C)nc12)C(N)=O. The highest BCUT2D eigenvalue weighted by atomic mass is 16.5. The second kappa shape index (κ2) is 6.10. The number of carbonyl (C=O) groups excluding carboxylic acids is 1. The van der Waals surface area contributed by atoms with Gasteiger partial charge in [-0.15, -0.1) is 0 Å². The average molecular weight is 287 g/mol. The molecule has 2 rings (SSSR count). The third-order valence-electron chi connectivity index (χ3n) is 3.78. The van der Waals surface area contributed by atoms with E-state index in [0.29, 0.717) is 13.0 Å². The van der Waals surface area contributed by atoms with Crippen LogP contribution in [-0.2, 0) is 4.79 Å². The van der Waals surface area contributed by atoms with Crippen LogP contribution in [0.2, 0.25) is 0 Å². The van der Waals surface area contributed by atoms with Gasteiger partial charge in [0.05, 0.1) is 12.1 Å². The van der Waals surface area contributed by atoms with Gasteiger partial charge < -0.3 is 15.8 Å². The second-order valence-corrected chi connectivity index (χ2v) is 5.33. The zero-order valence-electron chi connectivity index (χ0n) is 12.6. The maximum absolute atomic E-state index is 11.4. The van der Waals surface area contributed by atoms with Gasteiger partial charge in [-0.3, -0.25) is 4.79 Å². The van der Waals surface area contributed by atoms with Crippen molar-refractivity contribution in [2.45, 2.75) is 25.8 Å². The Morgan fingerprint density at radius 2 is 2.14 bits per heavy atom. The quantitative estimate of drug-likeness (QED) is 0.849. The van der Waals surface area contributed by atoms with Crippen LogP contribution in [0.25, 0.3) is 10.9 Å². The number of likely N-dealkylation sites (N-methyl/N-ethyl adjacent to an activating group) is 1. The van der Waals surface area contributed by atoms with E-state index in [1.807, 2.05) is 37.3 Å². The Balaban J connectivity index is 2.14. The lowest BCUT2D eigenvalue weighted by atomic mass is 9.98. The summed E-state index contributed by atoms with van der Waals surface area (Å²) in [6.45, 7) is 4.10. The van der Waals surface area contributed by atoms with E-state index in [1.165, 1.54) is 0 Å². The number of ether oxygens (including phenoxy) is 1. The van der Waals surface area contributed by atoms with Crippen LogP contribution in [0.1, 0.15) is 19.0 Å². The van der Waals surface area contributed by atoms with E-state index in [-0.39, 0.29) is 5.91 Å². The largest absolute Gasteiger partial charge is 0.491 e. The fraction of sp³-hybridized carbons (Fsp3) is 0.375. The van der Waals surface area contributed by atoms with Crippen molar-refractivity contribution in [2.75, 3.05) is 13.7 Å². The van der Waals surface area contributed by atoms with Gasteiger partial charge in [0.1, 0.15) is 11.3 Å². The third-order valence-corrected chi connectivity index (χ3v) is 3.78. The Morgan fingerprint density at radius 3 is 2.81 bits per heavy atom. The van der Waals surface area contributed by atoms with Crippen LogP contribution in [0.4, 0.5) is 0 Å². The van der Waals surface area contributed by atoms with Crippen LogP contribution in [0.3, 0.4) is 0 Å². The molecule has 3 N–H and O–H groups in total. The molecule has 0 aliphatic heterocycles. The molecule has 1 aromatic carbocycles. The van der Waals surface area contributed by atoms with Crippen molar-refractivity contribution in [1.82, 2.24) is 10.3 Å². The van der Waals surface area contributed by atoms with Crippen LogP contribution >= 0.6 is 0 Å². The maximum atomic E-state index is 11.4. The highest BCUT2D eigenvalue weighted by molar-refractivity contribution is 5.85. The lowest BCUT2D eigenvalue weighted by Crippen LogP contribution is -2.52. The minimum atomic E-state index is -0.770. The predicted octanol–water partition coefficient (Wildman–Crippen LogP) is 1.78. The van der Waals surface area contributed by atoms with E-state index >= 15 is 0 Å². The minimum absolute atomic E-state index is 0.384. The monoisotopic (exact) mass is 287 g/mol. The number of amides is 1. The Kier molecular flexibility index (Phi) is 4.43.